The summed E-state index contributed by atoms with van der Waals surface area (Å²) in [5.41, 5.74) is 4.09. The number of nitro benzene ring substituents is 1. The van der Waals surface area contributed by atoms with Gasteiger partial charge in [-0.2, -0.15) is 0 Å². The largest absolute Gasteiger partial charge is 0.381 e. The summed E-state index contributed by atoms with van der Waals surface area (Å²) in [6.45, 7) is 5.66. The minimum absolute atomic E-state index is 0.206. The van der Waals surface area contributed by atoms with Gasteiger partial charge in [0.25, 0.3) is 5.69 Å². The van der Waals surface area contributed by atoms with E-state index in [1.54, 1.807) is 6.07 Å². The van der Waals surface area contributed by atoms with Crippen molar-refractivity contribution in [3.05, 3.63) is 63.7 Å². The lowest BCUT2D eigenvalue weighted by Crippen LogP contribution is -2.37. The Morgan fingerprint density at radius 2 is 2.04 bits per heavy atom. The Bertz CT molecular complexity index is 760. The number of rotatable bonds is 5. The van der Waals surface area contributed by atoms with Gasteiger partial charge >= 0.3 is 0 Å². The Balaban J connectivity index is 1.81. The Morgan fingerprint density at radius 3 is 2.76 bits per heavy atom. The Hall–Kier alpha value is -2.56. The summed E-state index contributed by atoms with van der Waals surface area (Å²) in [7, 11) is 0. The van der Waals surface area contributed by atoms with Gasteiger partial charge in [-0.3, -0.25) is 10.1 Å². The molecule has 0 saturated carbocycles. The SMILES string of the molecule is Cc1ccccc1NCc1ccc(N2CCCC[C@@H]2C)c([N+](=O)[O-])c1. The third-order valence-corrected chi connectivity index (χ3v) is 4.98. The maximum Gasteiger partial charge on any atom is 0.292 e. The van der Waals surface area contributed by atoms with Crippen LogP contribution >= 0.6 is 0 Å². The molecule has 1 N–H and O–H groups in total. The van der Waals surface area contributed by atoms with Crippen molar-refractivity contribution in [1.29, 1.82) is 0 Å². The molecule has 1 aliphatic rings. The van der Waals surface area contributed by atoms with E-state index in [1.165, 1.54) is 6.42 Å². The van der Waals surface area contributed by atoms with Gasteiger partial charge in [0, 0.05) is 30.9 Å². The predicted octanol–water partition coefficient (Wildman–Crippen LogP) is 4.89. The number of hydrogen-bond acceptors (Lipinski definition) is 4. The standard InChI is InChI=1S/C20H25N3O2/c1-15-7-3-4-9-18(15)21-14-17-10-11-19(20(13-17)23(24)25)22-12-6-5-8-16(22)2/h3-4,7,9-11,13,16,21H,5-6,8,12,14H2,1-2H3/t16-/m0/s1. The van der Waals surface area contributed by atoms with Gasteiger partial charge in [0.15, 0.2) is 0 Å². The van der Waals surface area contributed by atoms with E-state index in [0.717, 1.165) is 41.9 Å². The minimum Gasteiger partial charge on any atom is -0.381 e. The number of nitrogens with one attached hydrogen (secondary N) is 1. The van der Waals surface area contributed by atoms with Gasteiger partial charge in [0.1, 0.15) is 5.69 Å². The van der Waals surface area contributed by atoms with Crippen LogP contribution < -0.4 is 10.2 Å². The Labute approximate surface area is 148 Å². The van der Waals surface area contributed by atoms with Crippen molar-refractivity contribution in [1.82, 2.24) is 0 Å². The van der Waals surface area contributed by atoms with Crippen LogP contribution in [0.3, 0.4) is 0 Å². The molecule has 0 aromatic heterocycles. The van der Waals surface area contributed by atoms with Crippen molar-refractivity contribution in [2.75, 3.05) is 16.8 Å². The van der Waals surface area contributed by atoms with E-state index in [9.17, 15) is 10.1 Å². The van der Waals surface area contributed by atoms with Crippen molar-refractivity contribution in [2.45, 2.75) is 45.7 Å². The summed E-state index contributed by atoms with van der Waals surface area (Å²) in [5.74, 6) is 0. The van der Waals surface area contributed by atoms with Gasteiger partial charge in [0.2, 0.25) is 0 Å². The highest BCUT2D eigenvalue weighted by molar-refractivity contribution is 5.65. The number of hydrogen-bond donors (Lipinski definition) is 1. The number of nitrogens with zero attached hydrogens (tertiary/aromatic N) is 2. The van der Waals surface area contributed by atoms with Crippen LogP contribution in [0.4, 0.5) is 17.1 Å². The molecule has 3 rings (SSSR count). The van der Waals surface area contributed by atoms with Crippen LogP contribution in [0.2, 0.25) is 0 Å². The van der Waals surface area contributed by atoms with Crippen LogP contribution in [-0.4, -0.2) is 17.5 Å². The summed E-state index contributed by atoms with van der Waals surface area (Å²) in [6, 6.07) is 14.0. The van der Waals surface area contributed by atoms with Crippen molar-refractivity contribution in [3.63, 3.8) is 0 Å². The maximum atomic E-state index is 11.6. The second kappa shape index (κ2) is 7.55. The molecule has 5 nitrogen and oxygen atoms in total. The smallest absolute Gasteiger partial charge is 0.292 e. The molecule has 0 unspecified atom stereocenters. The fourth-order valence-corrected chi connectivity index (χ4v) is 3.49. The molecule has 0 amide bonds. The quantitative estimate of drug-likeness (QED) is 0.622. The predicted molar refractivity (Wildman–Crippen MR) is 102 cm³/mol. The first-order valence-corrected chi connectivity index (χ1v) is 8.89. The van der Waals surface area contributed by atoms with E-state index in [0.29, 0.717) is 12.6 Å². The van der Waals surface area contributed by atoms with E-state index >= 15 is 0 Å². The third-order valence-electron chi connectivity index (χ3n) is 4.98. The zero-order valence-electron chi connectivity index (χ0n) is 14.9. The molecule has 0 aliphatic carbocycles. The fourth-order valence-electron chi connectivity index (χ4n) is 3.49. The zero-order valence-corrected chi connectivity index (χ0v) is 14.9. The summed E-state index contributed by atoms with van der Waals surface area (Å²) < 4.78 is 0. The molecular weight excluding hydrogens is 314 g/mol. The molecule has 1 aliphatic heterocycles. The Morgan fingerprint density at radius 1 is 1.24 bits per heavy atom. The number of piperidine rings is 1. The van der Waals surface area contributed by atoms with Gasteiger partial charge in [-0.25, -0.2) is 0 Å². The molecule has 2 aromatic rings. The van der Waals surface area contributed by atoms with Gasteiger partial charge < -0.3 is 10.2 Å². The van der Waals surface area contributed by atoms with E-state index < -0.39 is 0 Å². The highest BCUT2D eigenvalue weighted by Crippen LogP contribution is 2.33. The molecule has 25 heavy (non-hydrogen) atoms. The number of aryl methyl sites for hydroxylation is 1. The first-order chi connectivity index (χ1) is 12.1. The summed E-state index contributed by atoms with van der Waals surface area (Å²) in [4.78, 5) is 13.5. The molecule has 1 atom stereocenters. The lowest BCUT2D eigenvalue weighted by molar-refractivity contribution is -0.384. The molecule has 5 heteroatoms. The fraction of sp³-hybridized carbons (Fsp3) is 0.400. The maximum absolute atomic E-state index is 11.6. The average molecular weight is 339 g/mol. The van der Waals surface area contributed by atoms with E-state index in [4.69, 9.17) is 0 Å². The lowest BCUT2D eigenvalue weighted by Gasteiger charge is -2.35. The molecule has 0 spiro atoms. The highest BCUT2D eigenvalue weighted by atomic mass is 16.6. The van der Waals surface area contributed by atoms with Crippen LogP contribution in [0, 0.1) is 17.0 Å². The number of nitro groups is 1. The van der Waals surface area contributed by atoms with E-state index in [1.807, 2.05) is 43.3 Å². The van der Waals surface area contributed by atoms with E-state index in [-0.39, 0.29) is 10.6 Å². The molecule has 2 aromatic carbocycles. The van der Waals surface area contributed by atoms with Crippen molar-refractivity contribution < 1.29 is 4.92 Å². The molecule has 1 saturated heterocycles. The summed E-state index contributed by atoms with van der Waals surface area (Å²) >= 11 is 0. The monoisotopic (exact) mass is 339 g/mol. The minimum atomic E-state index is -0.256. The molecule has 0 radical (unpaired) electrons. The molecule has 132 valence electrons. The normalized spacial score (nSPS) is 17.4. The molecule has 1 heterocycles. The topological polar surface area (TPSA) is 58.4 Å². The second-order valence-electron chi connectivity index (χ2n) is 6.79. The molecular formula is C20H25N3O2. The summed E-state index contributed by atoms with van der Waals surface area (Å²) in [5, 5.41) is 15.0. The zero-order chi connectivity index (χ0) is 17.8. The lowest BCUT2D eigenvalue weighted by atomic mass is 10.0. The van der Waals surface area contributed by atoms with Crippen LogP contribution in [0.25, 0.3) is 0 Å². The summed E-state index contributed by atoms with van der Waals surface area (Å²) in [6.07, 6.45) is 3.38. The number of para-hydroxylation sites is 1. The molecule has 0 bridgehead atoms. The van der Waals surface area contributed by atoms with Crippen molar-refractivity contribution in [2.24, 2.45) is 0 Å². The van der Waals surface area contributed by atoms with Crippen LogP contribution in [0.5, 0.6) is 0 Å². The van der Waals surface area contributed by atoms with Gasteiger partial charge in [-0.1, -0.05) is 24.3 Å². The van der Waals surface area contributed by atoms with Gasteiger partial charge in [-0.15, -0.1) is 0 Å². The van der Waals surface area contributed by atoms with Crippen molar-refractivity contribution >= 4 is 17.1 Å². The van der Waals surface area contributed by atoms with Crippen molar-refractivity contribution in [3.8, 4) is 0 Å². The van der Waals surface area contributed by atoms with Crippen LogP contribution in [0.1, 0.15) is 37.3 Å². The third kappa shape index (κ3) is 3.92. The second-order valence-corrected chi connectivity index (χ2v) is 6.79. The highest BCUT2D eigenvalue weighted by Gasteiger charge is 2.25. The first kappa shape index (κ1) is 17.3. The molecule has 1 fully saturated rings. The van der Waals surface area contributed by atoms with E-state index in [2.05, 4.69) is 17.1 Å². The first-order valence-electron chi connectivity index (χ1n) is 8.89. The van der Waals surface area contributed by atoms with Crippen LogP contribution in [-0.2, 0) is 6.54 Å². The number of anilines is 2. The number of benzene rings is 2. The van der Waals surface area contributed by atoms with Crippen LogP contribution in [0.15, 0.2) is 42.5 Å². The van der Waals surface area contributed by atoms with Gasteiger partial charge in [-0.05, 0) is 56.4 Å². The Kier molecular flexibility index (Phi) is 5.22. The average Bonchev–Trinajstić information content (AvgIpc) is 2.61. The van der Waals surface area contributed by atoms with Gasteiger partial charge in [0.05, 0.1) is 4.92 Å².